The molecule has 2 aromatic heterocycles. The van der Waals surface area contributed by atoms with Crippen molar-refractivity contribution >= 4 is 40.1 Å². The van der Waals surface area contributed by atoms with Crippen molar-refractivity contribution in [1.29, 1.82) is 0 Å². The van der Waals surface area contributed by atoms with Gasteiger partial charge in [0.05, 0.1) is 28.9 Å². The van der Waals surface area contributed by atoms with Crippen LogP contribution in [0.15, 0.2) is 70.3 Å². The number of nitrogens with zero attached hydrogens (tertiary/aromatic N) is 4. The lowest BCUT2D eigenvalue weighted by Crippen LogP contribution is -2.45. The van der Waals surface area contributed by atoms with Gasteiger partial charge in [0, 0.05) is 23.9 Å². The highest BCUT2D eigenvalue weighted by Crippen LogP contribution is 2.44. The Balaban J connectivity index is 1.75. The van der Waals surface area contributed by atoms with Crippen molar-refractivity contribution in [1.82, 2.24) is 14.7 Å². The van der Waals surface area contributed by atoms with Crippen molar-refractivity contribution in [2.24, 2.45) is 4.99 Å². The second kappa shape index (κ2) is 8.40. The van der Waals surface area contributed by atoms with Crippen molar-refractivity contribution < 1.29 is 14.3 Å². The molecule has 2 aliphatic rings. The van der Waals surface area contributed by atoms with E-state index in [9.17, 15) is 9.59 Å². The van der Waals surface area contributed by atoms with Gasteiger partial charge in [-0.15, -0.1) is 11.3 Å². The molecule has 32 heavy (non-hydrogen) atoms. The Kier molecular flexibility index (Phi) is 5.44. The summed E-state index contributed by atoms with van der Waals surface area (Å²) in [5.74, 6) is 0.109. The monoisotopic (exact) mass is 464 g/mol. The Hall–Kier alpha value is -3.17. The van der Waals surface area contributed by atoms with Crippen molar-refractivity contribution in [2.45, 2.75) is 19.4 Å². The minimum Gasteiger partial charge on any atom is -0.466 e. The van der Waals surface area contributed by atoms with Gasteiger partial charge in [0.15, 0.2) is 5.17 Å². The van der Waals surface area contributed by atoms with Crippen LogP contribution in [0, 0.1) is 0 Å². The maximum atomic E-state index is 13.1. The van der Waals surface area contributed by atoms with Gasteiger partial charge in [-0.3, -0.25) is 9.69 Å². The van der Waals surface area contributed by atoms with E-state index >= 15 is 0 Å². The maximum Gasteiger partial charge on any atom is 0.338 e. The van der Waals surface area contributed by atoms with Crippen LogP contribution in [0.3, 0.4) is 0 Å². The fraction of sp³-hybridized carbons (Fsp3) is 0.217. The van der Waals surface area contributed by atoms with E-state index in [-0.39, 0.29) is 5.91 Å². The molecule has 1 atom stereocenters. The van der Waals surface area contributed by atoms with Gasteiger partial charge in [-0.05, 0) is 30.5 Å². The van der Waals surface area contributed by atoms with Gasteiger partial charge in [-0.25, -0.2) is 14.5 Å². The first-order valence-corrected chi connectivity index (χ1v) is 12.0. The molecule has 0 aliphatic carbocycles. The summed E-state index contributed by atoms with van der Waals surface area (Å²) in [6, 6.07) is 13.1. The molecule has 7 nitrogen and oxygen atoms in total. The van der Waals surface area contributed by atoms with Gasteiger partial charge in [0.1, 0.15) is 11.7 Å². The van der Waals surface area contributed by atoms with Crippen LogP contribution in [0.4, 0.5) is 0 Å². The molecular formula is C23H20N4O3S2. The lowest BCUT2D eigenvalue weighted by atomic mass is 9.94. The number of amidine groups is 1. The van der Waals surface area contributed by atoms with E-state index in [1.165, 1.54) is 18.9 Å². The SMILES string of the molecule is COC(=O)C1=C(C)N=C2SCCC(=O)N2[C@H]1c1cn(-c2ccccc2)nc1-c1cccs1. The molecule has 2 aliphatic heterocycles. The predicted octanol–water partition coefficient (Wildman–Crippen LogP) is 4.42. The highest BCUT2D eigenvalue weighted by molar-refractivity contribution is 8.14. The number of fused-ring (bicyclic) bond motifs is 1. The van der Waals surface area contributed by atoms with Crippen LogP contribution in [0.1, 0.15) is 24.9 Å². The van der Waals surface area contributed by atoms with E-state index in [2.05, 4.69) is 4.99 Å². The summed E-state index contributed by atoms with van der Waals surface area (Å²) in [5, 5.41) is 7.47. The quantitative estimate of drug-likeness (QED) is 0.534. The molecule has 1 saturated heterocycles. The summed E-state index contributed by atoms with van der Waals surface area (Å²) >= 11 is 3.09. The highest BCUT2D eigenvalue weighted by atomic mass is 32.2. The Morgan fingerprint density at radius 3 is 2.72 bits per heavy atom. The molecule has 4 heterocycles. The fourth-order valence-corrected chi connectivity index (χ4v) is 5.70. The normalized spacial score (nSPS) is 18.4. The topological polar surface area (TPSA) is 76.8 Å². The zero-order valence-corrected chi connectivity index (χ0v) is 19.2. The number of carbonyl (C=O) groups is 2. The van der Waals surface area contributed by atoms with Gasteiger partial charge in [0.2, 0.25) is 5.91 Å². The zero-order chi connectivity index (χ0) is 22.2. The van der Waals surface area contributed by atoms with Crippen LogP contribution in [0.25, 0.3) is 16.3 Å². The number of aromatic nitrogens is 2. The van der Waals surface area contributed by atoms with Gasteiger partial charge in [-0.1, -0.05) is 36.0 Å². The van der Waals surface area contributed by atoms with E-state index in [1.807, 2.05) is 54.0 Å². The number of rotatable bonds is 4. The first-order chi connectivity index (χ1) is 15.6. The molecule has 1 aromatic carbocycles. The number of aliphatic imine (C=N–C) groups is 1. The third kappa shape index (κ3) is 3.47. The number of para-hydroxylation sites is 1. The van der Waals surface area contributed by atoms with Crippen molar-refractivity contribution in [3.8, 4) is 16.3 Å². The minimum absolute atomic E-state index is 0.0639. The van der Waals surface area contributed by atoms with Crippen LogP contribution in [0.5, 0.6) is 0 Å². The molecule has 0 N–H and O–H groups in total. The largest absolute Gasteiger partial charge is 0.466 e. The number of amides is 1. The van der Waals surface area contributed by atoms with Gasteiger partial charge < -0.3 is 4.74 Å². The third-order valence-electron chi connectivity index (χ3n) is 5.42. The number of methoxy groups -OCH3 is 1. The number of thiophene rings is 1. The number of esters is 1. The van der Waals surface area contributed by atoms with Crippen LogP contribution in [-0.2, 0) is 14.3 Å². The Labute approximate surface area is 193 Å². The van der Waals surface area contributed by atoms with Crippen LogP contribution >= 0.6 is 23.1 Å². The van der Waals surface area contributed by atoms with Crippen molar-refractivity contribution in [3.63, 3.8) is 0 Å². The molecule has 0 spiro atoms. The number of benzene rings is 1. The molecule has 1 fully saturated rings. The molecule has 0 unspecified atom stereocenters. The molecule has 5 rings (SSSR count). The second-order valence-corrected chi connectivity index (χ2v) is 9.35. The number of allylic oxidation sites excluding steroid dienone is 1. The van der Waals surface area contributed by atoms with Gasteiger partial charge in [-0.2, -0.15) is 5.10 Å². The van der Waals surface area contributed by atoms with E-state index in [0.29, 0.717) is 28.6 Å². The van der Waals surface area contributed by atoms with Crippen LogP contribution in [-0.4, -0.2) is 44.6 Å². The average Bonchev–Trinajstić information content (AvgIpc) is 3.48. The molecule has 3 aromatic rings. The standard InChI is InChI=1S/C23H20N4O3S2/c1-14-19(22(29)30-2)21(27-18(28)10-12-32-23(27)24-14)16-13-26(15-7-4-3-5-8-15)25-20(16)17-9-6-11-31-17/h3-9,11,13,21H,10,12H2,1-2H3/t21-/m0/s1. The van der Waals surface area contributed by atoms with E-state index in [4.69, 9.17) is 9.84 Å². The Morgan fingerprint density at radius 1 is 1.19 bits per heavy atom. The number of hydrogen-bond acceptors (Lipinski definition) is 7. The zero-order valence-electron chi connectivity index (χ0n) is 17.5. The number of thioether (sulfide) groups is 1. The molecule has 162 valence electrons. The lowest BCUT2D eigenvalue weighted by molar-refractivity contribution is -0.137. The summed E-state index contributed by atoms with van der Waals surface area (Å²) in [4.78, 5) is 33.1. The van der Waals surface area contributed by atoms with Crippen LogP contribution in [0.2, 0.25) is 0 Å². The third-order valence-corrected chi connectivity index (χ3v) is 7.26. The predicted molar refractivity (Wildman–Crippen MR) is 126 cm³/mol. The maximum absolute atomic E-state index is 13.1. The summed E-state index contributed by atoms with van der Waals surface area (Å²) in [6.07, 6.45) is 2.29. The molecule has 0 bridgehead atoms. The Bertz CT molecular complexity index is 1250. The summed E-state index contributed by atoms with van der Waals surface area (Å²) < 4.78 is 6.91. The van der Waals surface area contributed by atoms with E-state index in [0.717, 1.165) is 21.8 Å². The smallest absolute Gasteiger partial charge is 0.338 e. The first-order valence-electron chi connectivity index (χ1n) is 10.1. The van der Waals surface area contributed by atoms with Crippen molar-refractivity contribution in [3.05, 3.63) is 70.9 Å². The molecule has 0 radical (unpaired) electrons. The summed E-state index contributed by atoms with van der Waals surface area (Å²) in [7, 11) is 1.35. The van der Waals surface area contributed by atoms with Crippen LogP contribution < -0.4 is 0 Å². The van der Waals surface area contributed by atoms with Gasteiger partial charge >= 0.3 is 5.97 Å². The van der Waals surface area contributed by atoms with Crippen molar-refractivity contribution in [2.75, 3.05) is 12.9 Å². The first kappa shape index (κ1) is 20.7. The molecule has 1 amide bonds. The number of hydrogen-bond donors (Lipinski definition) is 0. The minimum atomic E-state index is -0.662. The number of ether oxygens (including phenoxy) is 1. The fourth-order valence-electron chi connectivity index (χ4n) is 3.97. The van der Waals surface area contributed by atoms with E-state index in [1.54, 1.807) is 27.8 Å². The lowest BCUT2D eigenvalue weighted by Gasteiger charge is -2.38. The second-order valence-electron chi connectivity index (χ2n) is 7.34. The number of carbonyl (C=O) groups excluding carboxylic acids is 2. The average molecular weight is 465 g/mol. The van der Waals surface area contributed by atoms with E-state index < -0.39 is 12.0 Å². The Morgan fingerprint density at radius 2 is 2.00 bits per heavy atom. The van der Waals surface area contributed by atoms with Gasteiger partial charge in [0.25, 0.3) is 0 Å². The molecule has 0 saturated carbocycles. The molecular weight excluding hydrogens is 444 g/mol. The summed E-state index contributed by atoms with van der Waals surface area (Å²) in [6.45, 7) is 1.79. The highest BCUT2D eigenvalue weighted by Gasteiger charge is 2.43. The summed E-state index contributed by atoms with van der Waals surface area (Å²) in [5.41, 5.74) is 3.30. The molecule has 9 heteroatoms.